The van der Waals surface area contributed by atoms with Crippen LogP contribution in [-0.2, 0) is 12.7 Å². The number of halogens is 3. The van der Waals surface area contributed by atoms with E-state index >= 15 is 0 Å². The second-order valence-corrected chi connectivity index (χ2v) is 4.55. The molecule has 3 rings (SSSR count). The molecule has 0 fully saturated rings. The molecule has 7 heteroatoms. The minimum Gasteiger partial charge on any atom is -0.326 e. The van der Waals surface area contributed by atoms with E-state index in [1.165, 1.54) is 12.1 Å². The largest absolute Gasteiger partial charge is 0.416 e. The molecule has 2 aromatic heterocycles. The topological polar surface area (TPSA) is 56.2 Å². The Balaban J connectivity index is 2.00. The number of rotatable bonds is 2. The van der Waals surface area contributed by atoms with Crippen molar-refractivity contribution in [3.63, 3.8) is 0 Å². The standard InChI is InChI=1S/C14H11F3N4/c15-14(16,17)11-3-1-10(2-4-11)13-19-12-7-9(8-18)5-6-21(12)20-13/h1-7H,8,18H2. The van der Waals surface area contributed by atoms with Crippen LogP contribution in [0.1, 0.15) is 11.1 Å². The van der Waals surface area contributed by atoms with Gasteiger partial charge in [-0.3, -0.25) is 0 Å². The molecule has 0 unspecified atom stereocenters. The summed E-state index contributed by atoms with van der Waals surface area (Å²) in [7, 11) is 0. The van der Waals surface area contributed by atoms with Crippen molar-refractivity contribution < 1.29 is 13.2 Å². The van der Waals surface area contributed by atoms with Gasteiger partial charge in [-0.15, -0.1) is 5.10 Å². The second kappa shape index (κ2) is 4.85. The van der Waals surface area contributed by atoms with Gasteiger partial charge < -0.3 is 5.73 Å². The van der Waals surface area contributed by atoms with Gasteiger partial charge in [-0.25, -0.2) is 9.50 Å². The highest BCUT2D eigenvalue weighted by Crippen LogP contribution is 2.30. The molecule has 0 saturated carbocycles. The minimum absolute atomic E-state index is 0.373. The Morgan fingerprint density at radius 2 is 1.81 bits per heavy atom. The quantitative estimate of drug-likeness (QED) is 0.790. The van der Waals surface area contributed by atoms with E-state index in [1.54, 1.807) is 16.8 Å². The molecule has 0 radical (unpaired) electrons. The zero-order chi connectivity index (χ0) is 15.0. The van der Waals surface area contributed by atoms with Crippen LogP contribution in [0.15, 0.2) is 42.6 Å². The van der Waals surface area contributed by atoms with Crippen LogP contribution in [0.4, 0.5) is 13.2 Å². The molecule has 4 nitrogen and oxygen atoms in total. The summed E-state index contributed by atoms with van der Waals surface area (Å²) < 4.78 is 39.1. The Kier molecular flexibility index (Phi) is 3.13. The molecule has 2 N–H and O–H groups in total. The highest BCUT2D eigenvalue weighted by atomic mass is 19.4. The van der Waals surface area contributed by atoms with Gasteiger partial charge in [0.15, 0.2) is 11.5 Å². The molecule has 0 spiro atoms. The van der Waals surface area contributed by atoms with Gasteiger partial charge in [0, 0.05) is 18.3 Å². The SMILES string of the molecule is NCc1ccn2nc(-c3ccc(C(F)(F)F)cc3)nc2c1. The lowest BCUT2D eigenvalue weighted by atomic mass is 10.1. The molecular formula is C14H11F3N4. The molecule has 3 aromatic rings. The first-order chi connectivity index (χ1) is 9.97. The van der Waals surface area contributed by atoms with Crippen LogP contribution in [0.2, 0.25) is 0 Å². The highest BCUT2D eigenvalue weighted by molar-refractivity contribution is 5.59. The van der Waals surface area contributed by atoms with Crippen molar-refractivity contribution in [2.24, 2.45) is 5.73 Å². The average molecular weight is 292 g/mol. The molecule has 0 saturated heterocycles. The van der Waals surface area contributed by atoms with Gasteiger partial charge in [0.25, 0.3) is 0 Å². The van der Waals surface area contributed by atoms with Crippen LogP contribution >= 0.6 is 0 Å². The monoisotopic (exact) mass is 292 g/mol. The first-order valence-electron chi connectivity index (χ1n) is 6.20. The fourth-order valence-corrected chi connectivity index (χ4v) is 1.98. The van der Waals surface area contributed by atoms with E-state index in [9.17, 15) is 13.2 Å². The third-order valence-electron chi connectivity index (χ3n) is 3.11. The van der Waals surface area contributed by atoms with Crippen molar-refractivity contribution in [2.45, 2.75) is 12.7 Å². The first-order valence-corrected chi connectivity index (χ1v) is 6.20. The summed E-state index contributed by atoms with van der Waals surface area (Å²) in [6.45, 7) is 0.388. The Bertz CT molecular complexity index is 775. The third kappa shape index (κ3) is 2.59. The predicted octanol–water partition coefficient (Wildman–Crippen LogP) is 2.87. The molecule has 0 aliphatic carbocycles. The second-order valence-electron chi connectivity index (χ2n) is 4.55. The predicted molar refractivity (Wildman–Crippen MR) is 71.3 cm³/mol. The van der Waals surface area contributed by atoms with Crippen LogP contribution in [0.5, 0.6) is 0 Å². The van der Waals surface area contributed by atoms with E-state index in [-0.39, 0.29) is 0 Å². The molecule has 0 atom stereocenters. The zero-order valence-corrected chi connectivity index (χ0v) is 10.8. The molecule has 0 bridgehead atoms. The number of benzene rings is 1. The van der Waals surface area contributed by atoms with Crippen LogP contribution in [-0.4, -0.2) is 14.6 Å². The van der Waals surface area contributed by atoms with E-state index in [1.807, 2.05) is 6.07 Å². The van der Waals surface area contributed by atoms with E-state index in [0.29, 0.717) is 23.6 Å². The Morgan fingerprint density at radius 3 is 2.43 bits per heavy atom. The highest BCUT2D eigenvalue weighted by Gasteiger charge is 2.30. The lowest BCUT2D eigenvalue weighted by molar-refractivity contribution is -0.137. The van der Waals surface area contributed by atoms with Crippen molar-refractivity contribution in [3.8, 4) is 11.4 Å². The fraction of sp³-hybridized carbons (Fsp3) is 0.143. The lowest BCUT2D eigenvalue weighted by Crippen LogP contribution is -2.04. The minimum atomic E-state index is -4.35. The summed E-state index contributed by atoms with van der Waals surface area (Å²) in [5, 5.41) is 4.23. The van der Waals surface area contributed by atoms with Crippen molar-refractivity contribution >= 4 is 5.65 Å². The van der Waals surface area contributed by atoms with Gasteiger partial charge in [-0.05, 0) is 29.8 Å². The van der Waals surface area contributed by atoms with Gasteiger partial charge in [-0.1, -0.05) is 12.1 Å². The molecule has 108 valence electrons. The average Bonchev–Trinajstić information content (AvgIpc) is 2.89. The normalized spacial score (nSPS) is 12.0. The Morgan fingerprint density at radius 1 is 1.10 bits per heavy atom. The molecule has 2 heterocycles. The number of fused-ring (bicyclic) bond motifs is 1. The smallest absolute Gasteiger partial charge is 0.326 e. The van der Waals surface area contributed by atoms with Crippen molar-refractivity contribution in [1.82, 2.24) is 14.6 Å². The number of hydrogen-bond donors (Lipinski definition) is 1. The van der Waals surface area contributed by atoms with Gasteiger partial charge in [-0.2, -0.15) is 13.2 Å². The van der Waals surface area contributed by atoms with Crippen molar-refractivity contribution in [1.29, 1.82) is 0 Å². The first kappa shape index (κ1) is 13.6. The number of nitrogens with zero attached hydrogens (tertiary/aromatic N) is 3. The number of nitrogens with two attached hydrogens (primary N) is 1. The van der Waals surface area contributed by atoms with Crippen LogP contribution in [0.3, 0.4) is 0 Å². The van der Waals surface area contributed by atoms with Gasteiger partial charge >= 0.3 is 6.18 Å². The van der Waals surface area contributed by atoms with E-state index < -0.39 is 11.7 Å². The maximum Gasteiger partial charge on any atom is 0.416 e. The lowest BCUT2D eigenvalue weighted by Gasteiger charge is -2.05. The molecule has 0 amide bonds. The number of hydrogen-bond acceptors (Lipinski definition) is 3. The summed E-state index contributed by atoms with van der Waals surface area (Å²) in [6, 6.07) is 8.38. The molecule has 0 aliphatic heterocycles. The number of aromatic nitrogens is 3. The van der Waals surface area contributed by atoms with Crippen molar-refractivity contribution in [2.75, 3.05) is 0 Å². The van der Waals surface area contributed by atoms with E-state index in [0.717, 1.165) is 17.7 Å². The zero-order valence-electron chi connectivity index (χ0n) is 10.8. The number of alkyl halides is 3. The summed E-state index contributed by atoms with van der Waals surface area (Å²) in [6.07, 6.45) is -2.63. The van der Waals surface area contributed by atoms with E-state index in [4.69, 9.17) is 5.73 Å². The van der Waals surface area contributed by atoms with Crippen LogP contribution < -0.4 is 5.73 Å². The Labute approximate surface area is 118 Å². The van der Waals surface area contributed by atoms with Gasteiger partial charge in [0.05, 0.1) is 5.56 Å². The summed E-state index contributed by atoms with van der Waals surface area (Å²) >= 11 is 0. The maximum atomic E-state index is 12.5. The maximum absolute atomic E-state index is 12.5. The van der Waals surface area contributed by atoms with Gasteiger partial charge in [0.2, 0.25) is 0 Å². The van der Waals surface area contributed by atoms with Crippen molar-refractivity contribution in [3.05, 3.63) is 53.7 Å². The molecule has 1 aromatic carbocycles. The summed E-state index contributed by atoms with van der Waals surface area (Å²) in [4.78, 5) is 4.30. The van der Waals surface area contributed by atoms with Crippen LogP contribution in [0, 0.1) is 0 Å². The number of pyridine rings is 1. The Hall–Kier alpha value is -2.41. The molecular weight excluding hydrogens is 281 g/mol. The molecule has 21 heavy (non-hydrogen) atoms. The summed E-state index contributed by atoms with van der Waals surface area (Å²) in [5.74, 6) is 0.373. The third-order valence-corrected chi connectivity index (χ3v) is 3.11. The summed E-state index contributed by atoms with van der Waals surface area (Å²) in [5.41, 5.74) is 6.90. The van der Waals surface area contributed by atoms with E-state index in [2.05, 4.69) is 10.1 Å². The van der Waals surface area contributed by atoms with Crippen LogP contribution in [0.25, 0.3) is 17.0 Å². The van der Waals surface area contributed by atoms with Gasteiger partial charge in [0.1, 0.15) is 0 Å². The fourth-order valence-electron chi connectivity index (χ4n) is 1.98. The molecule has 0 aliphatic rings.